The number of benzene rings is 5. The molecular weight excluding hydrogens is 432 g/mol. The number of nitriles is 1. The summed E-state index contributed by atoms with van der Waals surface area (Å²) in [4.78, 5) is 0. The standard InChI is InChI=1S/C31H18N2S/c32-19-20-9-7-17-28(33-26-15-4-1-10-21(26)22-11-2-5-16-27(22)33)30(20)25-14-8-13-24-23-12-3-6-18-29(23)34-31(24)25/h1-18H. The first-order valence-electron chi connectivity index (χ1n) is 11.3. The molecular formula is C31H18N2S. The van der Waals surface area contributed by atoms with Crippen molar-refractivity contribution in [1.29, 1.82) is 5.26 Å². The van der Waals surface area contributed by atoms with E-state index in [1.807, 2.05) is 12.1 Å². The molecule has 158 valence electrons. The fourth-order valence-electron chi connectivity index (χ4n) is 5.23. The van der Waals surface area contributed by atoms with Gasteiger partial charge in [0, 0.05) is 42.1 Å². The fourth-order valence-corrected chi connectivity index (χ4v) is 6.45. The molecule has 0 saturated heterocycles. The van der Waals surface area contributed by atoms with Gasteiger partial charge in [-0.05, 0) is 30.3 Å². The number of rotatable bonds is 2. The average Bonchev–Trinajstić information content (AvgIpc) is 3.44. The number of aromatic nitrogens is 1. The van der Waals surface area contributed by atoms with E-state index >= 15 is 0 Å². The van der Waals surface area contributed by atoms with Gasteiger partial charge in [-0.3, -0.25) is 0 Å². The summed E-state index contributed by atoms with van der Waals surface area (Å²) in [6, 6.07) is 40.6. The van der Waals surface area contributed by atoms with E-state index in [0.29, 0.717) is 5.56 Å². The summed E-state index contributed by atoms with van der Waals surface area (Å²) < 4.78 is 4.79. The summed E-state index contributed by atoms with van der Waals surface area (Å²) in [6.45, 7) is 0. The maximum Gasteiger partial charge on any atom is 0.0998 e. The van der Waals surface area contributed by atoms with Crippen molar-refractivity contribution in [2.24, 2.45) is 0 Å². The van der Waals surface area contributed by atoms with Crippen LogP contribution >= 0.6 is 11.3 Å². The van der Waals surface area contributed by atoms with Crippen LogP contribution in [0.15, 0.2) is 109 Å². The highest BCUT2D eigenvalue weighted by Crippen LogP contribution is 2.44. The van der Waals surface area contributed by atoms with Crippen molar-refractivity contribution < 1.29 is 0 Å². The Labute approximate surface area is 200 Å². The van der Waals surface area contributed by atoms with Crippen molar-refractivity contribution >= 4 is 53.3 Å². The van der Waals surface area contributed by atoms with Crippen molar-refractivity contribution in [3.8, 4) is 22.9 Å². The lowest BCUT2D eigenvalue weighted by atomic mass is 9.96. The van der Waals surface area contributed by atoms with E-state index in [9.17, 15) is 5.26 Å². The Bertz CT molecular complexity index is 1880. The molecule has 7 rings (SSSR count). The van der Waals surface area contributed by atoms with Crippen LogP contribution < -0.4 is 0 Å². The SMILES string of the molecule is N#Cc1cccc(-n2c3ccccc3c3ccccc32)c1-c1cccc2c1sc1ccccc12. The number of hydrogen-bond donors (Lipinski definition) is 0. The Hall–Kier alpha value is -4.39. The highest BCUT2D eigenvalue weighted by atomic mass is 32.1. The Morgan fingerprint density at radius 3 is 1.94 bits per heavy atom. The van der Waals surface area contributed by atoms with Gasteiger partial charge in [0.2, 0.25) is 0 Å². The first kappa shape index (κ1) is 19.1. The number of nitrogens with zero attached hydrogens (tertiary/aromatic N) is 2. The van der Waals surface area contributed by atoms with Gasteiger partial charge in [0.25, 0.3) is 0 Å². The van der Waals surface area contributed by atoms with E-state index in [-0.39, 0.29) is 0 Å². The quantitative estimate of drug-likeness (QED) is 0.259. The normalized spacial score (nSPS) is 11.5. The van der Waals surface area contributed by atoms with Gasteiger partial charge >= 0.3 is 0 Å². The maximum absolute atomic E-state index is 10.2. The molecule has 0 N–H and O–H groups in total. The minimum Gasteiger partial charge on any atom is -0.309 e. The molecule has 0 aliphatic heterocycles. The summed E-state index contributed by atoms with van der Waals surface area (Å²) in [6.07, 6.45) is 0. The van der Waals surface area contributed by atoms with Gasteiger partial charge < -0.3 is 4.57 Å². The molecule has 0 saturated carbocycles. The van der Waals surface area contributed by atoms with Gasteiger partial charge in [0.1, 0.15) is 0 Å². The lowest BCUT2D eigenvalue weighted by Crippen LogP contribution is -1.99. The molecule has 0 spiro atoms. The zero-order chi connectivity index (χ0) is 22.6. The van der Waals surface area contributed by atoms with Crippen molar-refractivity contribution in [1.82, 2.24) is 4.57 Å². The average molecular weight is 451 g/mol. The highest BCUT2D eigenvalue weighted by molar-refractivity contribution is 7.26. The fraction of sp³-hybridized carbons (Fsp3) is 0. The largest absolute Gasteiger partial charge is 0.309 e. The molecule has 2 aromatic heterocycles. The molecule has 0 amide bonds. The van der Waals surface area contributed by atoms with Crippen LogP contribution in [0.3, 0.4) is 0 Å². The molecule has 2 nitrogen and oxygen atoms in total. The summed E-state index contributed by atoms with van der Waals surface area (Å²) in [5.41, 5.74) is 6.08. The lowest BCUT2D eigenvalue weighted by molar-refractivity contribution is 1.18. The molecule has 0 aliphatic rings. The predicted octanol–water partition coefficient (Wildman–Crippen LogP) is 8.69. The van der Waals surface area contributed by atoms with Crippen molar-refractivity contribution in [3.05, 3.63) is 115 Å². The van der Waals surface area contributed by atoms with Gasteiger partial charge in [-0.25, -0.2) is 0 Å². The van der Waals surface area contributed by atoms with Crippen LogP contribution in [0.2, 0.25) is 0 Å². The topological polar surface area (TPSA) is 28.7 Å². The van der Waals surface area contributed by atoms with Crippen LogP contribution in [0, 0.1) is 11.3 Å². The van der Waals surface area contributed by atoms with Crippen molar-refractivity contribution in [2.75, 3.05) is 0 Å². The van der Waals surface area contributed by atoms with Gasteiger partial charge in [0.15, 0.2) is 0 Å². The van der Waals surface area contributed by atoms with Crippen LogP contribution in [0.1, 0.15) is 5.56 Å². The van der Waals surface area contributed by atoms with E-state index in [2.05, 4.69) is 108 Å². The molecule has 3 heteroatoms. The first-order valence-corrected chi connectivity index (χ1v) is 12.1. The van der Waals surface area contributed by atoms with Gasteiger partial charge in [-0.15, -0.1) is 11.3 Å². The van der Waals surface area contributed by atoms with Gasteiger partial charge in [-0.1, -0.05) is 78.9 Å². The summed E-state index contributed by atoms with van der Waals surface area (Å²) >= 11 is 1.80. The van der Waals surface area contributed by atoms with Crippen LogP contribution in [0.4, 0.5) is 0 Å². The van der Waals surface area contributed by atoms with E-state index in [0.717, 1.165) is 27.8 Å². The Morgan fingerprint density at radius 2 is 1.21 bits per heavy atom. The van der Waals surface area contributed by atoms with E-state index < -0.39 is 0 Å². The second-order valence-electron chi connectivity index (χ2n) is 8.46. The van der Waals surface area contributed by atoms with Crippen LogP contribution in [0.5, 0.6) is 0 Å². The molecule has 34 heavy (non-hydrogen) atoms. The Kier molecular flexibility index (Phi) is 4.11. The smallest absolute Gasteiger partial charge is 0.0998 e. The first-order chi connectivity index (χ1) is 16.8. The molecule has 2 heterocycles. The third-order valence-electron chi connectivity index (χ3n) is 6.66. The third kappa shape index (κ3) is 2.61. The molecule has 0 aliphatic carbocycles. The molecule has 5 aromatic carbocycles. The molecule has 0 atom stereocenters. The molecule has 0 radical (unpaired) electrons. The summed E-state index contributed by atoms with van der Waals surface area (Å²) in [7, 11) is 0. The van der Waals surface area contributed by atoms with Crippen LogP contribution in [-0.2, 0) is 0 Å². The second-order valence-corrected chi connectivity index (χ2v) is 9.51. The van der Waals surface area contributed by atoms with E-state index in [1.165, 1.54) is 30.9 Å². The van der Waals surface area contributed by atoms with Gasteiger partial charge in [-0.2, -0.15) is 5.26 Å². The highest BCUT2D eigenvalue weighted by Gasteiger charge is 2.20. The lowest BCUT2D eigenvalue weighted by Gasteiger charge is -2.16. The predicted molar refractivity (Wildman–Crippen MR) is 144 cm³/mol. The molecule has 0 bridgehead atoms. The number of thiophene rings is 1. The monoisotopic (exact) mass is 450 g/mol. The number of hydrogen-bond acceptors (Lipinski definition) is 2. The molecule has 0 fully saturated rings. The van der Waals surface area contributed by atoms with Crippen molar-refractivity contribution in [2.45, 2.75) is 0 Å². The maximum atomic E-state index is 10.2. The third-order valence-corrected chi connectivity index (χ3v) is 7.88. The van der Waals surface area contributed by atoms with E-state index in [4.69, 9.17) is 0 Å². The summed E-state index contributed by atoms with van der Waals surface area (Å²) in [5.74, 6) is 0. The zero-order valence-electron chi connectivity index (χ0n) is 18.2. The Morgan fingerprint density at radius 1 is 0.588 bits per heavy atom. The summed E-state index contributed by atoms with van der Waals surface area (Å²) in [5, 5.41) is 15.1. The number of para-hydroxylation sites is 2. The molecule has 0 unspecified atom stereocenters. The zero-order valence-corrected chi connectivity index (χ0v) is 19.0. The minimum atomic E-state index is 0.685. The minimum absolute atomic E-state index is 0.685. The van der Waals surface area contributed by atoms with E-state index in [1.54, 1.807) is 11.3 Å². The Balaban J connectivity index is 1.65. The molecule has 7 aromatic rings. The number of fused-ring (bicyclic) bond motifs is 6. The van der Waals surface area contributed by atoms with Crippen LogP contribution in [-0.4, -0.2) is 4.57 Å². The van der Waals surface area contributed by atoms with Crippen molar-refractivity contribution in [3.63, 3.8) is 0 Å². The van der Waals surface area contributed by atoms with Gasteiger partial charge in [0.05, 0.1) is 28.4 Å². The second kappa shape index (κ2) is 7.31. The van der Waals surface area contributed by atoms with Crippen LogP contribution in [0.25, 0.3) is 58.8 Å².